The lowest BCUT2D eigenvalue weighted by molar-refractivity contribution is 1.01. The highest BCUT2D eigenvalue weighted by Crippen LogP contribution is 2.19. The van der Waals surface area contributed by atoms with Crippen LogP contribution >= 0.6 is 39.0 Å². The van der Waals surface area contributed by atoms with Gasteiger partial charge in [-0.2, -0.15) is 0 Å². The molecule has 84 valence electrons. The van der Waals surface area contributed by atoms with Crippen LogP contribution in [0.2, 0.25) is 0 Å². The molecule has 0 fully saturated rings. The van der Waals surface area contributed by atoms with Crippen molar-refractivity contribution >= 4 is 44.7 Å². The molecule has 0 amide bonds. The smallest absolute Gasteiger partial charge is 0.174 e. The summed E-state index contributed by atoms with van der Waals surface area (Å²) in [5, 5.41) is 11.1. The van der Waals surface area contributed by atoms with Crippen molar-refractivity contribution in [3.8, 4) is 0 Å². The van der Waals surface area contributed by atoms with E-state index in [1.165, 1.54) is 0 Å². The van der Waals surface area contributed by atoms with Gasteiger partial charge in [0.05, 0.1) is 0 Å². The number of hydrogen-bond donors (Lipinski definition) is 1. The largest absolute Gasteiger partial charge is 0.384 e. The normalized spacial score (nSPS) is 10.3. The van der Waals surface area contributed by atoms with Crippen LogP contribution in [0.3, 0.4) is 0 Å². The van der Waals surface area contributed by atoms with Gasteiger partial charge in [0, 0.05) is 22.5 Å². The summed E-state index contributed by atoms with van der Waals surface area (Å²) < 4.78 is 2.12. The summed E-state index contributed by atoms with van der Waals surface area (Å²) in [5.41, 5.74) is 2.89. The zero-order chi connectivity index (χ0) is 11.2. The maximum Gasteiger partial charge on any atom is 0.174 e. The summed E-state index contributed by atoms with van der Waals surface area (Å²) in [4.78, 5) is 0. The van der Waals surface area contributed by atoms with Crippen LogP contribution in [0.5, 0.6) is 0 Å². The standard InChI is InChI=1S/C10H10BrN3S2/c11-8-2-1-3-9(6-8)12-4-5-15-10-14-13-7-16-10/h1-3,6-7,12H,4-5H2. The fourth-order valence-electron chi connectivity index (χ4n) is 1.16. The number of rotatable bonds is 5. The van der Waals surface area contributed by atoms with E-state index in [-0.39, 0.29) is 0 Å². The molecule has 0 aliphatic heterocycles. The molecule has 2 rings (SSSR count). The Labute approximate surface area is 111 Å². The SMILES string of the molecule is Brc1cccc(NCCSc2nncs2)c1. The van der Waals surface area contributed by atoms with E-state index in [0.717, 1.165) is 26.8 Å². The summed E-state index contributed by atoms with van der Waals surface area (Å²) in [7, 11) is 0. The molecule has 0 unspecified atom stereocenters. The van der Waals surface area contributed by atoms with Crippen LogP contribution < -0.4 is 5.32 Å². The van der Waals surface area contributed by atoms with Gasteiger partial charge in [-0.05, 0) is 18.2 Å². The average Bonchev–Trinajstić information content (AvgIpc) is 2.77. The van der Waals surface area contributed by atoms with Crippen molar-refractivity contribution in [3.63, 3.8) is 0 Å². The molecule has 1 N–H and O–H groups in total. The number of thioether (sulfide) groups is 1. The van der Waals surface area contributed by atoms with Gasteiger partial charge in [0.2, 0.25) is 0 Å². The maximum atomic E-state index is 3.97. The summed E-state index contributed by atoms with van der Waals surface area (Å²) in [6.07, 6.45) is 0. The van der Waals surface area contributed by atoms with Crippen molar-refractivity contribution in [1.82, 2.24) is 10.2 Å². The molecule has 0 aliphatic rings. The molecule has 0 radical (unpaired) electrons. The van der Waals surface area contributed by atoms with Gasteiger partial charge in [-0.25, -0.2) is 0 Å². The van der Waals surface area contributed by atoms with Gasteiger partial charge in [-0.1, -0.05) is 45.1 Å². The molecule has 2 aromatic rings. The topological polar surface area (TPSA) is 37.8 Å². The Kier molecular flexibility index (Phi) is 4.62. The molecule has 16 heavy (non-hydrogen) atoms. The zero-order valence-electron chi connectivity index (χ0n) is 8.39. The van der Waals surface area contributed by atoms with Gasteiger partial charge in [-0.15, -0.1) is 10.2 Å². The molecule has 3 nitrogen and oxygen atoms in total. The number of nitrogens with zero attached hydrogens (tertiary/aromatic N) is 2. The molecule has 0 spiro atoms. The quantitative estimate of drug-likeness (QED) is 0.677. The number of hydrogen-bond acceptors (Lipinski definition) is 5. The van der Waals surface area contributed by atoms with Crippen molar-refractivity contribution in [1.29, 1.82) is 0 Å². The van der Waals surface area contributed by atoms with Crippen molar-refractivity contribution in [2.45, 2.75) is 4.34 Å². The molecule has 0 saturated heterocycles. The Balaban J connectivity index is 1.72. The van der Waals surface area contributed by atoms with Crippen LogP contribution in [-0.4, -0.2) is 22.5 Å². The lowest BCUT2D eigenvalue weighted by Gasteiger charge is -2.05. The van der Waals surface area contributed by atoms with E-state index in [0.29, 0.717) is 0 Å². The number of benzene rings is 1. The van der Waals surface area contributed by atoms with Gasteiger partial charge in [0.25, 0.3) is 0 Å². The van der Waals surface area contributed by atoms with Gasteiger partial charge in [0.15, 0.2) is 4.34 Å². The number of nitrogens with one attached hydrogen (secondary N) is 1. The van der Waals surface area contributed by atoms with Gasteiger partial charge in [-0.3, -0.25) is 0 Å². The molecule has 0 bridgehead atoms. The minimum atomic E-state index is 0.917. The van der Waals surface area contributed by atoms with Gasteiger partial charge in [0.1, 0.15) is 5.51 Å². The third-order valence-electron chi connectivity index (χ3n) is 1.82. The first-order chi connectivity index (χ1) is 7.84. The molecule has 1 aromatic carbocycles. The van der Waals surface area contributed by atoms with Crippen molar-refractivity contribution < 1.29 is 0 Å². The molecule has 0 aliphatic carbocycles. The van der Waals surface area contributed by atoms with E-state index < -0.39 is 0 Å². The maximum absolute atomic E-state index is 3.97. The highest BCUT2D eigenvalue weighted by molar-refractivity contribution is 9.10. The van der Waals surface area contributed by atoms with Crippen LogP contribution in [0.4, 0.5) is 5.69 Å². The van der Waals surface area contributed by atoms with Crippen LogP contribution in [0.25, 0.3) is 0 Å². The highest BCUT2D eigenvalue weighted by Gasteiger charge is 1.97. The summed E-state index contributed by atoms with van der Waals surface area (Å²) >= 11 is 6.74. The fourth-order valence-corrected chi connectivity index (χ4v) is 2.97. The van der Waals surface area contributed by atoms with Crippen LogP contribution in [0, 0.1) is 0 Å². The molecule has 6 heteroatoms. The average molecular weight is 316 g/mol. The predicted octanol–water partition coefficient (Wildman–Crippen LogP) is 3.50. The second kappa shape index (κ2) is 6.22. The Morgan fingerprint density at radius 2 is 2.38 bits per heavy atom. The molecule has 1 aromatic heterocycles. The molecule has 1 heterocycles. The first-order valence-corrected chi connectivity index (χ1v) is 7.39. The van der Waals surface area contributed by atoms with Gasteiger partial charge >= 0.3 is 0 Å². The van der Waals surface area contributed by atoms with E-state index in [1.54, 1.807) is 28.6 Å². The van der Waals surface area contributed by atoms with E-state index >= 15 is 0 Å². The number of aromatic nitrogens is 2. The van der Waals surface area contributed by atoms with E-state index in [9.17, 15) is 0 Å². The van der Waals surface area contributed by atoms with E-state index in [2.05, 4.69) is 43.6 Å². The predicted molar refractivity (Wildman–Crippen MR) is 73.3 cm³/mol. The second-order valence-corrected chi connectivity index (χ2v) is 6.08. The van der Waals surface area contributed by atoms with Crippen LogP contribution in [0.1, 0.15) is 0 Å². The van der Waals surface area contributed by atoms with Gasteiger partial charge < -0.3 is 5.32 Å². The van der Waals surface area contributed by atoms with Crippen molar-refractivity contribution in [2.75, 3.05) is 17.6 Å². The van der Waals surface area contributed by atoms with Crippen LogP contribution in [0.15, 0.2) is 38.6 Å². The minimum Gasteiger partial charge on any atom is -0.384 e. The third kappa shape index (κ3) is 3.77. The first kappa shape index (κ1) is 11.9. The van der Waals surface area contributed by atoms with Crippen LogP contribution in [-0.2, 0) is 0 Å². The first-order valence-electron chi connectivity index (χ1n) is 4.73. The molecular weight excluding hydrogens is 306 g/mol. The molecular formula is C10H10BrN3S2. The number of anilines is 1. The Bertz CT molecular complexity index is 433. The molecule has 0 saturated carbocycles. The summed E-state index contributed by atoms with van der Waals surface area (Å²) in [5.74, 6) is 0.988. The van der Waals surface area contributed by atoms with E-state index in [1.807, 2.05) is 12.1 Å². The summed E-state index contributed by atoms with van der Waals surface area (Å²) in [6, 6.07) is 8.15. The lowest BCUT2D eigenvalue weighted by atomic mass is 10.3. The Morgan fingerprint density at radius 1 is 1.44 bits per heavy atom. The van der Waals surface area contributed by atoms with Crippen molar-refractivity contribution in [2.24, 2.45) is 0 Å². The van der Waals surface area contributed by atoms with Crippen molar-refractivity contribution in [3.05, 3.63) is 34.2 Å². The summed E-state index contributed by atoms with van der Waals surface area (Å²) in [6.45, 7) is 0.917. The Morgan fingerprint density at radius 3 is 3.12 bits per heavy atom. The third-order valence-corrected chi connectivity index (χ3v) is 4.18. The second-order valence-electron chi connectivity index (χ2n) is 2.99. The monoisotopic (exact) mass is 315 g/mol. The zero-order valence-corrected chi connectivity index (χ0v) is 11.6. The minimum absolute atomic E-state index is 0.917. The Hall–Kier alpha value is -0.590. The van der Waals surface area contributed by atoms with E-state index in [4.69, 9.17) is 0 Å². The molecule has 0 atom stereocenters. The highest BCUT2D eigenvalue weighted by atomic mass is 79.9. The fraction of sp³-hybridized carbons (Fsp3) is 0.200. The lowest BCUT2D eigenvalue weighted by Crippen LogP contribution is -2.03. The number of halogens is 1.